The molecule has 0 atom stereocenters. The van der Waals surface area contributed by atoms with Crippen LogP contribution in [-0.4, -0.2) is 58.7 Å². The number of anilines is 3. The fraction of sp³-hybridized carbons (Fsp3) is 0.364. The number of thioether (sulfide) groups is 1. The van der Waals surface area contributed by atoms with Gasteiger partial charge in [-0.2, -0.15) is 0 Å². The maximum absolute atomic E-state index is 11.2. The monoisotopic (exact) mass is 487 g/mol. The molecule has 12 heteroatoms. The van der Waals surface area contributed by atoms with Crippen LogP contribution in [0.15, 0.2) is 53.7 Å². The fourth-order valence-electron chi connectivity index (χ4n) is 3.58. The van der Waals surface area contributed by atoms with E-state index in [1.54, 1.807) is 18.2 Å². The Kier molecular flexibility index (Phi) is 8.79. The lowest BCUT2D eigenvalue weighted by Gasteiger charge is -2.21. The molecule has 0 radical (unpaired) electrons. The lowest BCUT2D eigenvalue weighted by Crippen LogP contribution is -2.28. The topological polar surface area (TPSA) is 143 Å². The minimum Gasteiger partial charge on any atom is -0.393 e. The third-order valence-corrected chi connectivity index (χ3v) is 6.14. The van der Waals surface area contributed by atoms with Gasteiger partial charge in [-0.15, -0.1) is 11.8 Å². The normalized spacial score (nSPS) is 12.7. The molecule has 0 saturated heterocycles. The second-order valence-corrected chi connectivity index (χ2v) is 8.65. The Bertz CT molecular complexity index is 1030. The second kappa shape index (κ2) is 12.0. The van der Waals surface area contributed by atoms with Gasteiger partial charge in [0.1, 0.15) is 5.69 Å². The van der Waals surface area contributed by atoms with Crippen LogP contribution < -0.4 is 16.4 Å². The number of non-ortho nitro benzene ring substituents is 1. The fourth-order valence-corrected chi connectivity index (χ4v) is 4.17. The SMILES string of the molecule is CSc1cc(N)c([N+](=O)[O-])cc1NCCCN1C=CN(CCCNc2ccc([N+](=O)[O-])cc2)C1. The Morgan fingerprint density at radius 1 is 0.971 bits per heavy atom. The van der Waals surface area contributed by atoms with Crippen LogP contribution in [0.4, 0.5) is 28.4 Å². The Morgan fingerprint density at radius 2 is 1.59 bits per heavy atom. The predicted molar refractivity (Wildman–Crippen MR) is 136 cm³/mol. The highest BCUT2D eigenvalue weighted by molar-refractivity contribution is 7.98. The zero-order chi connectivity index (χ0) is 24.5. The summed E-state index contributed by atoms with van der Waals surface area (Å²) < 4.78 is 0. The Labute approximate surface area is 202 Å². The van der Waals surface area contributed by atoms with Gasteiger partial charge in [0.05, 0.1) is 22.2 Å². The summed E-state index contributed by atoms with van der Waals surface area (Å²) in [5.74, 6) is 0. The molecular formula is C22H29N7O4S. The van der Waals surface area contributed by atoms with Crippen molar-refractivity contribution >= 4 is 40.2 Å². The lowest BCUT2D eigenvalue weighted by atomic mass is 10.2. The third kappa shape index (κ3) is 6.91. The molecule has 34 heavy (non-hydrogen) atoms. The molecule has 0 aliphatic carbocycles. The summed E-state index contributed by atoms with van der Waals surface area (Å²) >= 11 is 1.50. The van der Waals surface area contributed by atoms with E-state index < -0.39 is 9.85 Å². The number of nitrogens with one attached hydrogen (secondary N) is 2. The highest BCUT2D eigenvalue weighted by atomic mass is 32.2. The van der Waals surface area contributed by atoms with Gasteiger partial charge in [0.15, 0.2) is 0 Å². The number of hydrogen-bond acceptors (Lipinski definition) is 10. The first-order valence-electron chi connectivity index (χ1n) is 10.9. The van der Waals surface area contributed by atoms with Crippen LogP contribution in [0.1, 0.15) is 12.8 Å². The van der Waals surface area contributed by atoms with Crippen molar-refractivity contribution in [2.75, 3.05) is 55.5 Å². The molecule has 0 aromatic heterocycles. The van der Waals surface area contributed by atoms with Gasteiger partial charge in [-0.3, -0.25) is 20.2 Å². The molecule has 182 valence electrons. The summed E-state index contributed by atoms with van der Waals surface area (Å²) in [6.45, 7) is 4.06. The van der Waals surface area contributed by atoms with Crippen LogP contribution in [0.3, 0.4) is 0 Å². The molecule has 0 bridgehead atoms. The van der Waals surface area contributed by atoms with Gasteiger partial charge in [0.25, 0.3) is 11.4 Å². The van der Waals surface area contributed by atoms with Gasteiger partial charge >= 0.3 is 0 Å². The maximum atomic E-state index is 11.2. The van der Waals surface area contributed by atoms with E-state index in [0.29, 0.717) is 6.54 Å². The largest absolute Gasteiger partial charge is 0.393 e. The summed E-state index contributed by atoms with van der Waals surface area (Å²) in [5.41, 5.74) is 7.55. The molecule has 0 saturated carbocycles. The summed E-state index contributed by atoms with van der Waals surface area (Å²) in [6.07, 6.45) is 7.88. The van der Waals surface area contributed by atoms with Crippen molar-refractivity contribution in [1.29, 1.82) is 0 Å². The van der Waals surface area contributed by atoms with Crippen LogP contribution in [0.2, 0.25) is 0 Å². The zero-order valence-electron chi connectivity index (χ0n) is 19.0. The van der Waals surface area contributed by atoms with Crippen molar-refractivity contribution in [1.82, 2.24) is 9.80 Å². The van der Waals surface area contributed by atoms with E-state index in [1.807, 2.05) is 6.26 Å². The van der Waals surface area contributed by atoms with E-state index >= 15 is 0 Å². The zero-order valence-corrected chi connectivity index (χ0v) is 19.8. The van der Waals surface area contributed by atoms with E-state index in [-0.39, 0.29) is 17.1 Å². The quantitative estimate of drug-likeness (QED) is 0.124. The van der Waals surface area contributed by atoms with Gasteiger partial charge in [-0.05, 0) is 37.3 Å². The number of nitrogen functional groups attached to an aromatic ring is 1. The number of benzene rings is 2. The Balaban J connectivity index is 1.33. The molecule has 2 aromatic rings. The molecule has 3 rings (SSSR count). The third-order valence-electron chi connectivity index (χ3n) is 5.36. The summed E-state index contributed by atoms with van der Waals surface area (Å²) in [6, 6.07) is 9.57. The first-order chi connectivity index (χ1) is 16.4. The maximum Gasteiger partial charge on any atom is 0.294 e. The van der Waals surface area contributed by atoms with Gasteiger partial charge in [-0.1, -0.05) is 0 Å². The number of nitro groups is 2. The molecule has 4 N–H and O–H groups in total. The standard InChI is InChI=1S/C22H29N7O4S/c1-34-22-14-19(23)21(29(32)33)15-20(22)25-9-3-11-27-13-12-26(16-27)10-2-8-24-17-4-6-18(7-5-17)28(30)31/h4-7,12-15,24-25H,2-3,8-11,16,23H2,1H3. The smallest absolute Gasteiger partial charge is 0.294 e. The average molecular weight is 488 g/mol. The summed E-state index contributed by atoms with van der Waals surface area (Å²) in [5, 5.41) is 28.4. The Morgan fingerprint density at radius 3 is 2.15 bits per heavy atom. The Hall–Kier alpha value is -3.67. The molecule has 0 amide bonds. The van der Waals surface area contributed by atoms with E-state index in [2.05, 4.69) is 32.8 Å². The van der Waals surface area contributed by atoms with Crippen molar-refractivity contribution in [3.63, 3.8) is 0 Å². The number of hydrogen-bond donors (Lipinski definition) is 3. The minimum atomic E-state index is -0.463. The van der Waals surface area contributed by atoms with Crippen LogP contribution >= 0.6 is 11.8 Å². The predicted octanol–water partition coefficient (Wildman–Crippen LogP) is 4.16. The first-order valence-corrected chi connectivity index (χ1v) is 12.1. The second-order valence-electron chi connectivity index (χ2n) is 7.80. The van der Waals surface area contributed by atoms with E-state index in [0.717, 1.165) is 55.4 Å². The van der Waals surface area contributed by atoms with Crippen molar-refractivity contribution < 1.29 is 9.85 Å². The van der Waals surface area contributed by atoms with Gasteiger partial charge in [0.2, 0.25) is 0 Å². The average Bonchev–Trinajstić information content (AvgIpc) is 3.27. The van der Waals surface area contributed by atoms with Gasteiger partial charge < -0.3 is 26.2 Å². The van der Waals surface area contributed by atoms with Crippen molar-refractivity contribution in [3.8, 4) is 0 Å². The minimum absolute atomic E-state index is 0.0820. The summed E-state index contributed by atoms with van der Waals surface area (Å²) in [4.78, 5) is 26.3. The van der Waals surface area contributed by atoms with E-state index in [9.17, 15) is 20.2 Å². The lowest BCUT2D eigenvalue weighted by molar-refractivity contribution is -0.384. The van der Waals surface area contributed by atoms with E-state index in [4.69, 9.17) is 5.73 Å². The molecule has 11 nitrogen and oxygen atoms in total. The highest BCUT2D eigenvalue weighted by Gasteiger charge is 2.16. The van der Waals surface area contributed by atoms with E-state index in [1.165, 1.54) is 30.0 Å². The number of rotatable bonds is 13. The van der Waals surface area contributed by atoms with Crippen LogP contribution in [0.5, 0.6) is 0 Å². The molecule has 2 aromatic carbocycles. The van der Waals surface area contributed by atoms with Gasteiger partial charge in [0, 0.05) is 67.4 Å². The van der Waals surface area contributed by atoms with Crippen molar-refractivity contribution in [2.24, 2.45) is 0 Å². The molecule has 0 unspecified atom stereocenters. The molecule has 0 spiro atoms. The van der Waals surface area contributed by atoms with Crippen molar-refractivity contribution in [2.45, 2.75) is 17.7 Å². The van der Waals surface area contributed by atoms with Crippen LogP contribution in [0.25, 0.3) is 0 Å². The summed E-state index contributed by atoms with van der Waals surface area (Å²) in [7, 11) is 0. The molecular weight excluding hydrogens is 458 g/mol. The molecule has 1 heterocycles. The molecule has 1 aliphatic heterocycles. The highest BCUT2D eigenvalue weighted by Crippen LogP contribution is 2.34. The first kappa shape index (κ1) is 25.0. The van der Waals surface area contributed by atoms with Gasteiger partial charge in [-0.25, -0.2) is 0 Å². The number of nitrogens with two attached hydrogens (primary N) is 1. The number of nitrogens with zero attached hydrogens (tertiary/aromatic N) is 4. The molecule has 0 fully saturated rings. The molecule has 1 aliphatic rings. The van der Waals surface area contributed by atoms with Crippen molar-refractivity contribution in [3.05, 3.63) is 69.0 Å². The number of nitro benzene ring substituents is 2. The van der Waals surface area contributed by atoms with Crippen LogP contribution in [-0.2, 0) is 0 Å². The van der Waals surface area contributed by atoms with Crippen LogP contribution in [0, 0.1) is 20.2 Å².